The molecule has 10 heavy (non-hydrogen) atoms. The van der Waals surface area contributed by atoms with Crippen LogP contribution in [0.3, 0.4) is 0 Å². The number of hydrogen-bond donors (Lipinski definition) is 1. The quantitative estimate of drug-likeness (QED) is 0.571. The molecule has 0 aromatic heterocycles. The maximum atomic E-state index is 4.18. The van der Waals surface area contributed by atoms with Gasteiger partial charge in [-0.25, -0.2) is 0 Å². The van der Waals surface area contributed by atoms with Crippen molar-refractivity contribution in [3.63, 3.8) is 0 Å². The summed E-state index contributed by atoms with van der Waals surface area (Å²) in [7, 11) is 0. The highest BCUT2D eigenvalue weighted by molar-refractivity contribution is 9.09. The summed E-state index contributed by atoms with van der Waals surface area (Å²) in [4.78, 5) is 0.386. The van der Waals surface area contributed by atoms with E-state index in [0.717, 1.165) is 5.75 Å². The maximum Gasteiger partial charge on any atom is 0.0483 e. The smallest absolute Gasteiger partial charge is 0.0483 e. The molecule has 0 aliphatic heterocycles. The lowest BCUT2D eigenvalue weighted by Crippen LogP contribution is -1.88. The third-order valence-corrected chi connectivity index (χ3v) is 3.04. The molecule has 0 N–H and O–H groups in total. The van der Waals surface area contributed by atoms with Gasteiger partial charge < -0.3 is 0 Å². The van der Waals surface area contributed by atoms with Crippen molar-refractivity contribution in [2.24, 2.45) is 0 Å². The van der Waals surface area contributed by atoms with Crippen molar-refractivity contribution in [2.75, 3.05) is 5.75 Å². The Morgan fingerprint density at radius 2 is 1.90 bits per heavy atom. The van der Waals surface area contributed by atoms with Gasteiger partial charge in [0, 0.05) is 10.6 Å². The molecule has 1 unspecified atom stereocenters. The third-order valence-electron chi connectivity index (χ3n) is 1.32. The second-order valence-corrected chi connectivity index (χ2v) is 3.53. The summed E-state index contributed by atoms with van der Waals surface area (Å²) in [5.41, 5.74) is 1.29. The fourth-order valence-electron chi connectivity index (χ4n) is 0.767. The second-order valence-electron chi connectivity index (χ2n) is 2.06. The average Bonchev–Trinajstić information content (AvgIpc) is 2.05. The van der Waals surface area contributed by atoms with Crippen LogP contribution in [0.25, 0.3) is 0 Å². The van der Waals surface area contributed by atoms with E-state index >= 15 is 0 Å². The normalized spacial score (nSPS) is 13.0. The lowest BCUT2D eigenvalue weighted by molar-refractivity contribution is 1.15. The minimum atomic E-state index is 0.386. The Labute approximate surface area is 75.2 Å². The Hall–Kier alpha value is 0.0500. The SMILES string of the molecule is SCC(Br)c1ccccc1. The van der Waals surface area contributed by atoms with Crippen molar-refractivity contribution in [3.05, 3.63) is 35.9 Å². The highest BCUT2D eigenvalue weighted by Crippen LogP contribution is 2.22. The number of benzene rings is 1. The molecule has 0 aliphatic rings. The summed E-state index contributed by atoms with van der Waals surface area (Å²) < 4.78 is 0. The maximum absolute atomic E-state index is 4.18. The van der Waals surface area contributed by atoms with Gasteiger partial charge in [-0.15, -0.1) is 0 Å². The summed E-state index contributed by atoms with van der Waals surface area (Å²) in [5.74, 6) is 0.837. The number of hydrogen-bond acceptors (Lipinski definition) is 1. The predicted molar refractivity (Wildman–Crippen MR) is 52.0 cm³/mol. The molecule has 0 nitrogen and oxygen atoms in total. The zero-order valence-electron chi connectivity index (χ0n) is 5.50. The molecule has 1 atom stereocenters. The Morgan fingerprint density at radius 3 is 2.40 bits per heavy atom. The van der Waals surface area contributed by atoms with E-state index in [9.17, 15) is 0 Å². The molecule has 1 aromatic rings. The molecule has 0 aliphatic carbocycles. The lowest BCUT2D eigenvalue weighted by atomic mass is 10.2. The number of halogens is 1. The van der Waals surface area contributed by atoms with Crippen molar-refractivity contribution in [3.8, 4) is 0 Å². The van der Waals surface area contributed by atoms with Gasteiger partial charge in [-0.3, -0.25) is 0 Å². The van der Waals surface area contributed by atoms with Crippen LogP contribution in [-0.2, 0) is 0 Å². The molecule has 54 valence electrons. The van der Waals surface area contributed by atoms with Crippen LogP contribution < -0.4 is 0 Å². The summed E-state index contributed by atoms with van der Waals surface area (Å²) in [5, 5.41) is 0. The standard InChI is InChI=1S/C8H9BrS/c9-8(6-10)7-4-2-1-3-5-7/h1-5,8,10H,6H2. The molecule has 0 saturated heterocycles. The monoisotopic (exact) mass is 216 g/mol. The number of thiol groups is 1. The Balaban J connectivity index is 2.75. The van der Waals surface area contributed by atoms with Crippen molar-refractivity contribution in [1.29, 1.82) is 0 Å². The van der Waals surface area contributed by atoms with Crippen molar-refractivity contribution in [1.82, 2.24) is 0 Å². The molecule has 1 aromatic carbocycles. The average molecular weight is 217 g/mol. The number of rotatable bonds is 2. The molecule has 0 heterocycles. The fraction of sp³-hybridized carbons (Fsp3) is 0.250. The molecular formula is C8H9BrS. The first-order chi connectivity index (χ1) is 4.84. The van der Waals surface area contributed by atoms with E-state index in [0.29, 0.717) is 4.83 Å². The number of alkyl halides is 1. The predicted octanol–water partition coefficient (Wildman–Crippen LogP) is 3.05. The molecule has 0 spiro atoms. The van der Waals surface area contributed by atoms with Gasteiger partial charge in [0.25, 0.3) is 0 Å². The zero-order chi connectivity index (χ0) is 7.40. The molecule has 0 radical (unpaired) electrons. The van der Waals surface area contributed by atoms with Crippen LogP contribution in [-0.4, -0.2) is 5.75 Å². The minimum Gasteiger partial charge on any atom is -0.178 e. The van der Waals surface area contributed by atoms with Gasteiger partial charge in [0.1, 0.15) is 0 Å². The first-order valence-electron chi connectivity index (χ1n) is 3.14. The van der Waals surface area contributed by atoms with Crippen molar-refractivity contribution in [2.45, 2.75) is 4.83 Å². The molecule has 2 heteroatoms. The lowest BCUT2D eigenvalue weighted by Gasteiger charge is -2.04. The van der Waals surface area contributed by atoms with Crippen LogP contribution in [0.2, 0.25) is 0 Å². The van der Waals surface area contributed by atoms with E-state index < -0.39 is 0 Å². The second kappa shape index (κ2) is 4.04. The van der Waals surface area contributed by atoms with E-state index in [2.05, 4.69) is 40.7 Å². The van der Waals surface area contributed by atoms with Crippen LogP contribution in [0.4, 0.5) is 0 Å². The highest BCUT2D eigenvalue weighted by Gasteiger charge is 2.01. The highest BCUT2D eigenvalue weighted by atomic mass is 79.9. The van der Waals surface area contributed by atoms with Crippen LogP contribution in [0.1, 0.15) is 10.4 Å². The van der Waals surface area contributed by atoms with Crippen molar-refractivity contribution >= 4 is 28.6 Å². The van der Waals surface area contributed by atoms with E-state index in [1.165, 1.54) is 5.56 Å². The van der Waals surface area contributed by atoms with E-state index in [4.69, 9.17) is 0 Å². The van der Waals surface area contributed by atoms with Crippen LogP contribution >= 0.6 is 28.6 Å². The minimum absolute atomic E-state index is 0.386. The van der Waals surface area contributed by atoms with E-state index in [1.807, 2.05) is 18.2 Å². The molecule has 0 amide bonds. The van der Waals surface area contributed by atoms with Gasteiger partial charge in [0.2, 0.25) is 0 Å². The van der Waals surface area contributed by atoms with Gasteiger partial charge in [-0.2, -0.15) is 12.6 Å². The molecular weight excluding hydrogens is 208 g/mol. The largest absolute Gasteiger partial charge is 0.178 e. The fourth-order valence-corrected chi connectivity index (χ4v) is 1.28. The van der Waals surface area contributed by atoms with Gasteiger partial charge in [-0.1, -0.05) is 46.3 Å². The van der Waals surface area contributed by atoms with Crippen molar-refractivity contribution < 1.29 is 0 Å². The Bertz CT molecular complexity index is 186. The van der Waals surface area contributed by atoms with Gasteiger partial charge in [0.05, 0.1) is 0 Å². The van der Waals surface area contributed by atoms with Gasteiger partial charge >= 0.3 is 0 Å². The Morgan fingerprint density at radius 1 is 1.30 bits per heavy atom. The Kier molecular flexibility index (Phi) is 3.29. The third kappa shape index (κ3) is 2.03. The van der Waals surface area contributed by atoms with Gasteiger partial charge in [-0.05, 0) is 5.56 Å². The van der Waals surface area contributed by atoms with Crippen LogP contribution in [0.15, 0.2) is 30.3 Å². The summed E-state index contributed by atoms with van der Waals surface area (Å²) in [6.45, 7) is 0. The molecule has 0 fully saturated rings. The molecule has 1 rings (SSSR count). The van der Waals surface area contributed by atoms with Gasteiger partial charge in [0.15, 0.2) is 0 Å². The first-order valence-corrected chi connectivity index (χ1v) is 4.69. The van der Waals surface area contributed by atoms with Crippen LogP contribution in [0.5, 0.6) is 0 Å². The van der Waals surface area contributed by atoms with E-state index in [1.54, 1.807) is 0 Å². The van der Waals surface area contributed by atoms with Crippen LogP contribution in [0, 0.1) is 0 Å². The van der Waals surface area contributed by atoms with E-state index in [-0.39, 0.29) is 0 Å². The zero-order valence-corrected chi connectivity index (χ0v) is 7.98. The summed E-state index contributed by atoms with van der Waals surface area (Å²) in [6.07, 6.45) is 0. The topological polar surface area (TPSA) is 0 Å². The summed E-state index contributed by atoms with van der Waals surface area (Å²) >= 11 is 7.69. The molecule has 0 saturated carbocycles. The first kappa shape index (κ1) is 8.15. The summed E-state index contributed by atoms with van der Waals surface area (Å²) in [6, 6.07) is 10.3. The molecule has 0 bridgehead atoms.